The van der Waals surface area contributed by atoms with Crippen molar-refractivity contribution < 1.29 is 27.5 Å². The molecular formula is C21H13F3O3S. The zero-order chi connectivity index (χ0) is 20.1. The number of hydrogen-bond donors (Lipinski definition) is 0. The molecule has 1 aromatic heterocycles. The summed E-state index contributed by atoms with van der Waals surface area (Å²) >= 11 is 1.51. The standard InChI is InChI=1S/C21H13F3O3S/c22-21(23,24)16-7-3-15(4-8-16)20(26)27-17-9-5-14(6-10-17)19(25)12-11-18-2-1-13-28-18/h1-13H/b12-11+. The van der Waals surface area contributed by atoms with Gasteiger partial charge in [0.15, 0.2) is 5.78 Å². The maximum Gasteiger partial charge on any atom is 0.416 e. The SMILES string of the molecule is O=C(/C=C/c1cccs1)c1ccc(OC(=O)c2ccc(C(F)(F)F)cc2)cc1. The van der Waals surface area contributed by atoms with Gasteiger partial charge in [-0.05, 0) is 72.1 Å². The Bertz CT molecular complexity index is 987. The number of carbonyl (C=O) groups is 2. The number of halogens is 3. The number of ketones is 1. The Morgan fingerprint density at radius 2 is 1.54 bits per heavy atom. The molecule has 0 N–H and O–H groups in total. The molecule has 0 radical (unpaired) electrons. The highest BCUT2D eigenvalue weighted by Gasteiger charge is 2.30. The summed E-state index contributed by atoms with van der Waals surface area (Å²) in [5.74, 6) is -0.803. The van der Waals surface area contributed by atoms with Crippen molar-refractivity contribution >= 4 is 29.2 Å². The first kappa shape index (κ1) is 19.6. The summed E-state index contributed by atoms with van der Waals surface area (Å²) in [5, 5.41) is 1.91. The van der Waals surface area contributed by atoms with E-state index in [1.807, 2.05) is 17.5 Å². The minimum absolute atomic E-state index is 0.00738. The molecule has 3 aromatic rings. The fraction of sp³-hybridized carbons (Fsp3) is 0.0476. The van der Waals surface area contributed by atoms with Crippen molar-refractivity contribution in [3.05, 3.63) is 93.7 Å². The molecule has 0 aliphatic carbocycles. The molecule has 0 bridgehead atoms. The Kier molecular flexibility index (Phi) is 5.75. The van der Waals surface area contributed by atoms with Gasteiger partial charge in [0.05, 0.1) is 11.1 Å². The molecule has 0 saturated heterocycles. The van der Waals surface area contributed by atoms with Crippen LogP contribution in [-0.4, -0.2) is 11.8 Å². The Hall–Kier alpha value is -3.19. The molecule has 3 nitrogen and oxygen atoms in total. The third kappa shape index (κ3) is 4.95. The molecule has 0 aliphatic heterocycles. The minimum Gasteiger partial charge on any atom is -0.423 e. The number of alkyl halides is 3. The van der Waals surface area contributed by atoms with Gasteiger partial charge < -0.3 is 4.74 Å². The van der Waals surface area contributed by atoms with E-state index in [1.165, 1.54) is 41.7 Å². The van der Waals surface area contributed by atoms with Gasteiger partial charge in [0, 0.05) is 10.4 Å². The predicted molar refractivity (Wildman–Crippen MR) is 101 cm³/mol. The van der Waals surface area contributed by atoms with Gasteiger partial charge in [0.25, 0.3) is 0 Å². The average Bonchev–Trinajstić information content (AvgIpc) is 3.20. The molecule has 2 aromatic carbocycles. The van der Waals surface area contributed by atoms with Gasteiger partial charge in [-0.25, -0.2) is 4.79 Å². The number of rotatable bonds is 5. The molecule has 0 fully saturated rings. The topological polar surface area (TPSA) is 43.4 Å². The molecule has 0 saturated carbocycles. The minimum atomic E-state index is -4.47. The molecule has 28 heavy (non-hydrogen) atoms. The Morgan fingerprint density at radius 1 is 0.893 bits per heavy atom. The van der Waals surface area contributed by atoms with E-state index in [1.54, 1.807) is 6.08 Å². The molecule has 0 unspecified atom stereocenters. The van der Waals surface area contributed by atoms with E-state index in [4.69, 9.17) is 4.74 Å². The number of benzene rings is 2. The number of allylic oxidation sites excluding steroid dienone is 1. The second-order valence-electron chi connectivity index (χ2n) is 5.70. The maximum absolute atomic E-state index is 12.6. The summed E-state index contributed by atoms with van der Waals surface area (Å²) in [6.07, 6.45) is -1.30. The molecule has 1 heterocycles. The highest BCUT2D eigenvalue weighted by molar-refractivity contribution is 7.10. The van der Waals surface area contributed by atoms with Gasteiger partial charge in [0.2, 0.25) is 0 Å². The molecule has 0 amide bonds. The number of hydrogen-bond acceptors (Lipinski definition) is 4. The summed E-state index contributed by atoms with van der Waals surface area (Å²) in [7, 11) is 0. The molecule has 7 heteroatoms. The maximum atomic E-state index is 12.6. The van der Waals surface area contributed by atoms with Crippen LogP contribution < -0.4 is 4.74 Å². The third-order valence-corrected chi connectivity index (χ3v) is 4.58. The van der Waals surface area contributed by atoms with Crippen molar-refractivity contribution in [2.24, 2.45) is 0 Å². The largest absolute Gasteiger partial charge is 0.423 e. The summed E-state index contributed by atoms with van der Waals surface area (Å²) in [5.41, 5.74) is -0.434. The number of esters is 1. The van der Waals surface area contributed by atoms with Crippen LogP contribution in [0.5, 0.6) is 5.75 Å². The summed E-state index contributed by atoms with van der Waals surface area (Å²) < 4.78 is 42.8. The van der Waals surface area contributed by atoms with Crippen LogP contribution in [0.3, 0.4) is 0 Å². The number of ether oxygens (including phenoxy) is 1. The molecule has 0 aliphatic rings. The monoisotopic (exact) mass is 402 g/mol. The van der Waals surface area contributed by atoms with E-state index in [0.29, 0.717) is 5.56 Å². The summed E-state index contributed by atoms with van der Waals surface area (Å²) in [6.45, 7) is 0. The quantitative estimate of drug-likeness (QED) is 0.232. The van der Waals surface area contributed by atoms with Crippen molar-refractivity contribution in [2.45, 2.75) is 6.18 Å². The molecule has 0 atom stereocenters. The van der Waals surface area contributed by atoms with Crippen LogP contribution >= 0.6 is 11.3 Å². The van der Waals surface area contributed by atoms with Crippen LogP contribution in [0.15, 0.2) is 72.1 Å². The lowest BCUT2D eigenvalue weighted by atomic mass is 10.1. The molecule has 3 rings (SSSR count). The highest BCUT2D eigenvalue weighted by Crippen LogP contribution is 2.29. The normalized spacial score (nSPS) is 11.5. The van der Waals surface area contributed by atoms with Crippen LogP contribution in [-0.2, 0) is 6.18 Å². The summed E-state index contributed by atoms with van der Waals surface area (Å²) in [4.78, 5) is 25.1. The fourth-order valence-electron chi connectivity index (χ4n) is 2.29. The van der Waals surface area contributed by atoms with Crippen LogP contribution in [0.2, 0.25) is 0 Å². The number of carbonyl (C=O) groups excluding carboxylic acids is 2. The smallest absolute Gasteiger partial charge is 0.416 e. The lowest BCUT2D eigenvalue weighted by molar-refractivity contribution is -0.137. The van der Waals surface area contributed by atoms with E-state index in [-0.39, 0.29) is 17.1 Å². The van der Waals surface area contributed by atoms with Crippen molar-refractivity contribution in [3.8, 4) is 5.75 Å². The highest BCUT2D eigenvalue weighted by atomic mass is 32.1. The first-order chi connectivity index (χ1) is 13.3. The van der Waals surface area contributed by atoms with Crippen LogP contribution in [0.1, 0.15) is 31.2 Å². The molecule has 142 valence electrons. The van der Waals surface area contributed by atoms with Crippen molar-refractivity contribution in [1.82, 2.24) is 0 Å². The van der Waals surface area contributed by atoms with E-state index in [0.717, 1.165) is 29.1 Å². The second-order valence-corrected chi connectivity index (χ2v) is 6.68. The van der Waals surface area contributed by atoms with Gasteiger partial charge >= 0.3 is 12.1 Å². The Morgan fingerprint density at radius 3 is 2.11 bits per heavy atom. The summed E-state index contributed by atoms with van der Waals surface area (Å²) in [6, 6.07) is 13.4. The van der Waals surface area contributed by atoms with Gasteiger partial charge in [-0.3, -0.25) is 4.79 Å². The van der Waals surface area contributed by atoms with E-state index < -0.39 is 17.7 Å². The van der Waals surface area contributed by atoms with Crippen molar-refractivity contribution in [2.75, 3.05) is 0 Å². The zero-order valence-electron chi connectivity index (χ0n) is 14.3. The fourth-order valence-corrected chi connectivity index (χ4v) is 2.91. The van der Waals surface area contributed by atoms with Crippen molar-refractivity contribution in [1.29, 1.82) is 0 Å². The lowest BCUT2D eigenvalue weighted by Gasteiger charge is -2.08. The molecular weight excluding hydrogens is 389 g/mol. The Balaban J connectivity index is 1.63. The van der Waals surface area contributed by atoms with Crippen LogP contribution in [0, 0.1) is 0 Å². The molecule has 0 spiro atoms. The van der Waals surface area contributed by atoms with Gasteiger partial charge in [-0.2, -0.15) is 13.2 Å². The number of thiophene rings is 1. The van der Waals surface area contributed by atoms with Gasteiger partial charge in [0.1, 0.15) is 5.75 Å². The zero-order valence-corrected chi connectivity index (χ0v) is 15.1. The second kappa shape index (κ2) is 8.22. The van der Waals surface area contributed by atoms with Crippen LogP contribution in [0.4, 0.5) is 13.2 Å². The van der Waals surface area contributed by atoms with E-state index >= 15 is 0 Å². The average molecular weight is 402 g/mol. The van der Waals surface area contributed by atoms with E-state index in [9.17, 15) is 22.8 Å². The third-order valence-electron chi connectivity index (χ3n) is 3.74. The predicted octanol–water partition coefficient (Wildman–Crippen LogP) is 5.88. The first-order valence-corrected chi connectivity index (χ1v) is 8.96. The van der Waals surface area contributed by atoms with E-state index in [2.05, 4.69) is 0 Å². The van der Waals surface area contributed by atoms with Gasteiger partial charge in [-0.15, -0.1) is 11.3 Å². The van der Waals surface area contributed by atoms with Crippen LogP contribution in [0.25, 0.3) is 6.08 Å². The van der Waals surface area contributed by atoms with Crippen molar-refractivity contribution in [3.63, 3.8) is 0 Å². The Labute approximate surface area is 162 Å². The lowest BCUT2D eigenvalue weighted by Crippen LogP contribution is -2.10. The van der Waals surface area contributed by atoms with Gasteiger partial charge in [-0.1, -0.05) is 6.07 Å². The first-order valence-electron chi connectivity index (χ1n) is 8.08.